The maximum atomic E-state index is 8.69. The quantitative estimate of drug-likeness (QED) is 0.795. The second-order valence-electron chi connectivity index (χ2n) is 5.50. The van der Waals surface area contributed by atoms with Gasteiger partial charge in [0.05, 0.1) is 18.5 Å². The van der Waals surface area contributed by atoms with Gasteiger partial charge in [-0.15, -0.1) is 0 Å². The normalized spacial score (nSPS) is 11.3. The van der Waals surface area contributed by atoms with Crippen molar-refractivity contribution in [3.63, 3.8) is 0 Å². The Morgan fingerprint density at radius 1 is 1.13 bits per heavy atom. The largest absolute Gasteiger partial charge is 0.356 e. The van der Waals surface area contributed by atoms with Gasteiger partial charge in [0.15, 0.2) is 5.11 Å². The lowest BCUT2D eigenvalue weighted by molar-refractivity contribution is 0.629. The van der Waals surface area contributed by atoms with Gasteiger partial charge in [0.25, 0.3) is 0 Å². The average molecular weight is 323 g/mol. The molecule has 0 fully saturated rings. The number of anilines is 1. The molecule has 3 nitrogen and oxygen atoms in total. The molecule has 0 aliphatic rings. The Labute approximate surface area is 143 Å². The fourth-order valence-electron chi connectivity index (χ4n) is 2.34. The van der Waals surface area contributed by atoms with E-state index in [1.165, 1.54) is 11.1 Å². The molecular weight excluding hydrogens is 302 g/mol. The molecule has 1 atom stereocenters. The summed E-state index contributed by atoms with van der Waals surface area (Å²) in [7, 11) is 0. The second-order valence-corrected chi connectivity index (χ2v) is 5.91. The van der Waals surface area contributed by atoms with Gasteiger partial charge in [-0.25, -0.2) is 0 Å². The first-order valence-corrected chi connectivity index (χ1v) is 8.13. The van der Waals surface area contributed by atoms with E-state index >= 15 is 0 Å². The van der Waals surface area contributed by atoms with Gasteiger partial charge in [-0.3, -0.25) is 0 Å². The van der Waals surface area contributed by atoms with E-state index in [2.05, 4.69) is 54.8 Å². The fourth-order valence-corrected chi connectivity index (χ4v) is 2.60. The van der Waals surface area contributed by atoms with Gasteiger partial charge in [-0.05, 0) is 48.8 Å². The lowest BCUT2D eigenvalue weighted by Gasteiger charge is -2.20. The zero-order valence-corrected chi connectivity index (χ0v) is 14.3. The molecule has 2 rings (SSSR count). The molecule has 118 valence electrons. The van der Waals surface area contributed by atoms with E-state index in [1.807, 2.05) is 24.3 Å². The maximum Gasteiger partial charge on any atom is 0.171 e. The molecule has 0 bridgehead atoms. The van der Waals surface area contributed by atoms with E-state index in [4.69, 9.17) is 17.5 Å². The SMILES string of the molecule is CC[C@@H](NC(=S)Nc1ccc(CC#N)cc1)c1ccc(C)cc1. The fraction of sp³-hybridized carbons (Fsp3) is 0.263. The first kappa shape index (κ1) is 17.0. The van der Waals surface area contributed by atoms with Crippen LogP contribution in [0.25, 0.3) is 0 Å². The van der Waals surface area contributed by atoms with Crippen molar-refractivity contribution in [2.45, 2.75) is 32.7 Å². The first-order chi connectivity index (χ1) is 11.1. The standard InChI is InChI=1S/C19H21N3S/c1-3-18(16-8-4-14(2)5-9-16)22-19(23)21-17-10-6-15(7-11-17)12-13-20/h4-11,18H,3,12H2,1-2H3,(H2,21,22,23)/t18-/m1/s1. The summed E-state index contributed by atoms with van der Waals surface area (Å²) in [6.45, 7) is 4.22. The lowest BCUT2D eigenvalue weighted by Crippen LogP contribution is -2.32. The molecule has 0 saturated heterocycles. The van der Waals surface area contributed by atoms with E-state index < -0.39 is 0 Å². The van der Waals surface area contributed by atoms with Crippen LogP contribution < -0.4 is 10.6 Å². The van der Waals surface area contributed by atoms with E-state index in [0.29, 0.717) is 11.5 Å². The van der Waals surface area contributed by atoms with Gasteiger partial charge in [0.1, 0.15) is 0 Å². The molecule has 0 heterocycles. The van der Waals surface area contributed by atoms with Gasteiger partial charge < -0.3 is 10.6 Å². The molecule has 0 spiro atoms. The summed E-state index contributed by atoms with van der Waals surface area (Å²) in [5, 5.41) is 15.8. The van der Waals surface area contributed by atoms with Crippen LogP contribution >= 0.6 is 12.2 Å². The van der Waals surface area contributed by atoms with Crippen LogP contribution in [0.2, 0.25) is 0 Å². The number of thiocarbonyl (C=S) groups is 1. The van der Waals surface area contributed by atoms with Crippen LogP contribution in [0.4, 0.5) is 5.69 Å². The van der Waals surface area contributed by atoms with Crippen LogP contribution in [-0.2, 0) is 6.42 Å². The second kappa shape index (κ2) is 8.30. The van der Waals surface area contributed by atoms with Gasteiger partial charge in [-0.1, -0.05) is 48.9 Å². The van der Waals surface area contributed by atoms with Crippen LogP contribution in [0.5, 0.6) is 0 Å². The zero-order chi connectivity index (χ0) is 16.7. The number of nitrogens with zero attached hydrogens (tertiary/aromatic N) is 1. The van der Waals surface area contributed by atoms with Crippen molar-refractivity contribution in [1.29, 1.82) is 5.26 Å². The molecule has 2 N–H and O–H groups in total. The summed E-state index contributed by atoms with van der Waals surface area (Å²) in [4.78, 5) is 0. The van der Waals surface area contributed by atoms with Crippen molar-refractivity contribution in [2.24, 2.45) is 0 Å². The molecule has 0 aliphatic carbocycles. The number of rotatable bonds is 5. The van der Waals surface area contributed by atoms with Gasteiger partial charge in [0.2, 0.25) is 0 Å². The highest BCUT2D eigenvalue weighted by Crippen LogP contribution is 2.18. The number of aryl methyl sites for hydroxylation is 1. The third-order valence-corrected chi connectivity index (χ3v) is 3.91. The minimum atomic E-state index is 0.188. The Morgan fingerprint density at radius 2 is 1.78 bits per heavy atom. The highest BCUT2D eigenvalue weighted by molar-refractivity contribution is 7.80. The predicted octanol–water partition coefficient (Wildman–Crippen LogP) is 4.50. The molecule has 0 aliphatic heterocycles. The smallest absolute Gasteiger partial charge is 0.171 e. The van der Waals surface area contributed by atoms with Gasteiger partial charge in [-0.2, -0.15) is 5.26 Å². The topological polar surface area (TPSA) is 47.8 Å². The average Bonchev–Trinajstić information content (AvgIpc) is 2.56. The Balaban J connectivity index is 1.97. The van der Waals surface area contributed by atoms with Gasteiger partial charge in [0, 0.05) is 5.69 Å². The van der Waals surface area contributed by atoms with Crippen molar-refractivity contribution >= 4 is 23.0 Å². The van der Waals surface area contributed by atoms with E-state index in [-0.39, 0.29) is 6.04 Å². The first-order valence-electron chi connectivity index (χ1n) is 7.72. The highest BCUT2D eigenvalue weighted by Gasteiger charge is 2.10. The van der Waals surface area contributed by atoms with Crippen molar-refractivity contribution < 1.29 is 0 Å². The van der Waals surface area contributed by atoms with Gasteiger partial charge >= 0.3 is 0 Å². The molecule has 2 aromatic carbocycles. The molecule has 4 heteroatoms. The molecule has 0 amide bonds. The number of benzene rings is 2. The summed E-state index contributed by atoms with van der Waals surface area (Å²) in [6.07, 6.45) is 1.38. The third kappa shape index (κ3) is 5.08. The van der Waals surface area contributed by atoms with Crippen molar-refractivity contribution in [3.05, 3.63) is 65.2 Å². The molecule has 0 radical (unpaired) electrons. The predicted molar refractivity (Wildman–Crippen MR) is 99.3 cm³/mol. The summed E-state index contributed by atoms with van der Waals surface area (Å²) in [5.41, 5.74) is 4.40. The molecule has 0 saturated carbocycles. The van der Waals surface area contributed by atoms with Crippen LogP contribution in [0, 0.1) is 18.3 Å². The molecular formula is C19H21N3S. The Morgan fingerprint density at radius 3 is 2.35 bits per heavy atom. The van der Waals surface area contributed by atoms with Crippen molar-refractivity contribution in [1.82, 2.24) is 5.32 Å². The third-order valence-electron chi connectivity index (χ3n) is 3.69. The van der Waals surface area contributed by atoms with E-state index in [9.17, 15) is 0 Å². The van der Waals surface area contributed by atoms with Crippen LogP contribution in [-0.4, -0.2) is 5.11 Å². The summed E-state index contributed by atoms with van der Waals surface area (Å²) < 4.78 is 0. The Hall–Kier alpha value is -2.38. The molecule has 0 unspecified atom stereocenters. The number of nitriles is 1. The minimum absolute atomic E-state index is 0.188. The zero-order valence-electron chi connectivity index (χ0n) is 13.5. The van der Waals surface area contributed by atoms with Crippen molar-refractivity contribution in [3.8, 4) is 6.07 Å². The maximum absolute atomic E-state index is 8.69. The van der Waals surface area contributed by atoms with Crippen LogP contribution in [0.15, 0.2) is 48.5 Å². The van der Waals surface area contributed by atoms with Crippen LogP contribution in [0.1, 0.15) is 36.1 Å². The number of hydrogen-bond donors (Lipinski definition) is 2. The molecule has 23 heavy (non-hydrogen) atoms. The van der Waals surface area contributed by atoms with E-state index in [0.717, 1.165) is 17.7 Å². The number of nitrogens with one attached hydrogen (secondary N) is 2. The number of hydrogen-bond acceptors (Lipinski definition) is 2. The summed E-state index contributed by atoms with van der Waals surface area (Å²) >= 11 is 5.41. The summed E-state index contributed by atoms with van der Waals surface area (Å²) in [5.74, 6) is 0. The highest BCUT2D eigenvalue weighted by atomic mass is 32.1. The molecule has 2 aromatic rings. The van der Waals surface area contributed by atoms with Crippen LogP contribution in [0.3, 0.4) is 0 Å². The molecule has 0 aromatic heterocycles. The summed E-state index contributed by atoms with van der Waals surface area (Å²) in [6, 6.07) is 18.6. The monoisotopic (exact) mass is 323 g/mol. The van der Waals surface area contributed by atoms with E-state index in [1.54, 1.807) is 0 Å². The minimum Gasteiger partial charge on any atom is -0.356 e. The Bertz CT molecular complexity index is 684. The Kier molecular flexibility index (Phi) is 6.13. The van der Waals surface area contributed by atoms with Crippen molar-refractivity contribution in [2.75, 3.05) is 5.32 Å². The lowest BCUT2D eigenvalue weighted by atomic mass is 10.0.